The van der Waals surface area contributed by atoms with Crippen LogP contribution in [-0.2, 0) is 4.43 Å². The molecule has 3 N–H and O–H groups in total. The number of hydrogen-bond acceptors (Lipinski definition) is 4. The second kappa shape index (κ2) is 4.22. The minimum absolute atomic E-state index is 0. The Hall–Kier alpha value is 1.32. The number of hydrogen-bond donors (Lipinski definition) is 3. The van der Waals surface area contributed by atoms with E-state index in [4.69, 9.17) is 14.4 Å². The zero-order valence-corrected chi connectivity index (χ0v) is 4.25. The zero-order chi connectivity index (χ0) is 5.21. The van der Waals surface area contributed by atoms with Crippen molar-refractivity contribution in [1.82, 2.24) is 0 Å². The van der Waals surface area contributed by atoms with Crippen LogP contribution in [0.25, 0.3) is 0 Å². The molecule has 0 aromatic carbocycles. The average Bonchev–Trinajstić information content (AvgIpc) is 1.35. The fraction of sp³-hybridized carbons (Fsp3) is 1.00. The van der Waals surface area contributed by atoms with Crippen LogP contribution < -0.4 is 0 Å². The molecular weight excluding hydrogens is 144 g/mol. The summed E-state index contributed by atoms with van der Waals surface area (Å²) in [5.74, 6) is 0. The molecule has 0 rings (SSSR count). The molecule has 6 heteroatoms. The third-order valence-electron chi connectivity index (χ3n) is 0.274. The van der Waals surface area contributed by atoms with Crippen molar-refractivity contribution in [2.45, 2.75) is 0 Å². The van der Waals surface area contributed by atoms with Crippen molar-refractivity contribution < 1.29 is 18.8 Å². The molecule has 0 aromatic heterocycles. The molecule has 0 amide bonds. The maximum absolute atomic E-state index is 7.85. The van der Waals surface area contributed by atoms with Crippen LogP contribution >= 0.6 is 0 Å². The molecule has 0 heterocycles. The van der Waals surface area contributed by atoms with E-state index >= 15 is 0 Å². The van der Waals surface area contributed by atoms with E-state index < -0.39 is 9.05 Å². The minimum atomic E-state index is -4.13. The van der Waals surface area contributed by atoms with E-state index in [0.29, 0.717) is 0 Å². The van der Waals surface area contributed by atoms with Crippen molar-refractivity contribution in [2.24, 2.45) is 0 Å². The summed E-state index contributed by atoms with van der Waals surface area (Å²) >= 11 is 0. The topological polar surface area (TPSA) is 69.9 Å². The van der Waals surface area contributed by atoms with Gasteiger partial charge in [-0.15, -0.1) is 0 Å². The van der Waals surface area contributed by atoms with Gasteiger partial charge in [0.25, 0.3) is 0 Å². The van der Waals surface area contributed by atoms with Crippen molar-refractivity contribution in [3.05, 3.63) is 0 Å². The van der Waals surface area contributed by atoms with Gasteiger partial charge in [0.05, 0.1) is 0 Å². The Morgan fingerprint density at radius 1 is 1.29 bits per heavy atom. The fourth-order valence-corrected chi connectivity index (χ4v) is 0. The van der Waals surface area contributed by atoms with E-state index in [1.165, 1.54) is 0 Å². The van der Waals surface area contributed by atoms with Crippen molar-refractivity contribution >= 4 is 46.8 Å². The quantitative estimate of drug-likeness (QED) is 0.353. The second-order valence-electron chi connectivity index (χ2n) is 0.778. The van der Waals surface area contributed by atoms with Crippen LogP contribution in [0, 0.1) is 0 Å². The average molecular weight is 152 g/mol. The molecular formula is CH8CaO4Si. The van der Waals surface area contributed by atoms with Gasteiger partial charge in [-0.1, -0.05) is 0 Å². The molecule has 7 heavy (non-hydrogen) atoms. The Labute approximate surface area is 72.2 Å². The van der Waals surface area contributed by atoms with E-state index in [1.807, 2.05) is 0 Å². The first kappa shape index (κ1) is 11.2. The monoisotopic (exact) mass is 152 g/mol. The summed E-state index contributed by atoms with van der Waals surface area (Å²) in [5, 5.41) is 0. The van der Waals surface area contributed by atoms with Gasteiger partial charge in [-0.3, -0.25) is 0 Å². The summed E-state index contributed by atoms with van der Waals surface area (Å²) in [6.07, 6.45) is 0. The van der Waals surface area contributed by atoms with E-state index in [1.54, 1.807) is 0 Å². The number of rotatable bonds is 1. The summed E-state index contributed by atoms with van der Waals surface area (Å²) in [7, 11) is -3.11. The molecule has 42 valence electrons. The Bertz CT molecular complexity index is 41.4. The molecule has 0 fully saturated rings. The van der Waals surface area contributed by atoms with Gasteiger partial charge in [-0.2, -0.15) is 0 Å². The molecule has 0 unspecified atom stereocenters. The third kappa shape index (κ3) is 11.1. The molecule has 0 atom stereocenters. The summed E-state index contributed by atoms with van der Waals surface area (Å²) < 4.78 is 3.74. The normalized spacial score (nSPS) is 10.3. The SMILES string of the molecule is CO[Si](O)(O)O.[CaH2]. The molecule has 0 saturated carbocycles. The van der Waals surface area contributed by atoms with E-state index in [-0.39, 0.29) is 37.7 Å². The van der Waals surface area contributed by atoms with Gasteiger partial charge in [-0.25, -0.2) is 0 Å². The van der Waals surface area contributed by atoms with Crippen LogP contribution in [0.4, 0.5) is 0 Å². The molecule has 0 radical (unpaired) electrons. The Balaban J connectivity index is 0. The molecule has 0 bridgehead atoms. The predicted octanol–water partition coefficient (Wildman–Crippen LogP) is -2.87. The fourth-order valence-electron chi connectivity index (χ4n) is 0. The van der Waals surface area contributed by atoms with Gasteiger partial charge >= 0.3 is 46.8 Å². The van der Waals surface area contributed by atoms with Crippen molar-refractivity contribution in [3.63, 3.8) is 0 Å². The molecule has 0 aliphatic carbocycles. The Kier molecular flexibility index (Phi) is 6.73. The third-order valence-corrected chi connectivity index (χ3v) is 0.822. The van der Waals surface area contributed by atoms with Crippen LogP contribution in [0.2, 0.25) is 0 Å². The van der Waals surface area contributed by atoms with E-state index in [0.717, 1.165) is 7.11 Å². The summed E-state index contributed by atoms with van der Waals surface area (Å²) in [6, 6.07) is 0. The molecule has 0 aliphatic heterocycles. The summed E-state index contributed by atoms with van der Waals surface area (Å²) in [6.45, 7) is 0. The van der Waals surface area contributed by atoms with Gasteiger partial charge in [-0.05, 0) is 0 Å². The summed E-state index contributed by atoms with van der Waals surface area (Å²) in [4.78, 5) is 23.6. The Morgan fingerprint density at radius 3 is 1.43 bits per heavy atom. The molecule has 0 spiro atoms. The van der Waals surface area contributed by atoms with E-state index in [9.17, 15) is 0 Å². The van der Waals surface area contributed by atoms with Crippen molar-refractivity contribution in [3.8, 4) is 0 Å². The van der Waals surface area contributed by atoms with Gasteiger partial charge in [0.2, 0.25) is 0 Å². The van der Waals surface area contributed by atoms with Crippen LogP contribution in [-0.4, -0.2) is 68.3 Å². The van der Waals surface area contributed by atoms with Gasteiger partial charge < -0.3 is 18.8 Å². The van der Waals surface area contributed by atoms with Gasteiger partial charge in [0.15, 0.2) is 0 Å². The molecule has 0 saturated heterocycles. The van der Waals surface area contributed by atoms with Gasteiger partial charge in [0, 0.05) is 7.11 Å². The van der Waals surface area contributed by atoms with Crippen LogP contribution in [0.3, 0.4) is 0 Å². The zero-order valence-electron chi connectivity index (χ0n) is 3.25. The van der Waals surface area contributed by atoms with Crippen LogP contribution in [0.5, 0.6) is 0 Å². The Morgan fingerprint density at radius 2 is 1.43 bits per heavy atom. The molecule has 0 aliphatic rings. The molecule has 0 aromatic rings. The molecule has 4 nitrogen and oxygen atoms in total. The van der Waals surface area contributed by atoms with Crippen LogP contribution in [0.1, 0.15) is 0 Å². The second-order valence-corrected chi connectivity index (χ2v) is 2.33. The predicted molar refractivity (Wildman–Crippen MR) is 28.0 cm³/mol. The van der Waals surface area contributed by atoms with Crippen molar-refractivity contribution in [2.75, 3.05) is 7.11 Å². The van der Waals surface area contributed by atoms with E-state index in [2.05, 4.69) is 4.43 Å². The first-order valence-electron chi connectivity index (χ1n) is 1.28. The first-order chi connectivity index (χ1) is 2.56. The standard InChI is InChI=1S/CH6O4Si.Ca.2H/c1-5-6(2,3)4;;;/h2-4H,1H3;;;. The van der Waals surface area contributed by atoms with Gasteiger partial charge in [0.1, 0.15) is 0 Å². The van der Waals surface area contributed by atoms with Crippen LogP contribution in [0.15, 0.2) is 0 Å². The van der Waals surface area contributed by atoms with Crippen molar-refractivity contribution in [1.29, 1.82) is 0 Å². The summed E-state index contributed by atoms with van der Waals surface area (Å²) in [5.41, 5.74) is 0. The first-order valence-corrected chi connectivity index (χ1v) is 3.03. The maximum atomic E-state index is 7.85.